The molecule has 0 bridgehead atoms. The van der Waals surface area contributed by atoms with Crippen molar-refractivity contribution in [3.63, 3.8) is 0 Å². The number of aryl methyl sites for hydroxylation is 1. The van der Waals surface area contributed by atoms with E-state index in [0.29, 0.717) is 0 Å². The van der Waals surface area contributed by atoms with Crippen molar-refractivity contribution in [3.05, 3.63) is 42.5 Å². The molecule has 0 saturated carbocycles. The molecule has 0 atom stereocenters. The molecular weight excluding hydrogens is 257 g/mol. The lowest BCUT2D eigenvalue weighted by molar-refractivity contribution is 0.580. The van der Waals surface area contributed by atoms with Crippen LogP contribution in [0.2, 0.25) is 0 Å². The summed E-state index contributed by atoms with van der Waals surface area (Å²) in [5, 5.41) is 3.91. The molecule has 0 saturated heterocycles. The molecule has 0 aliphatic heterocycles. The largest absolute Gasteiger partial charge is 0.398 e. The average Bonchev–Trinajstić information content (AvgIpc) is 2.78. The zero-order valence-electron chi connectivity index (χ0n) is 9.45. The van der Waals surface area contributed by atoms with E-state index in [-0.39, 0.29) is 22.9 Å². The summed E-state index contributed by atoms with van der Waals surface area (Å²) in [6.07, 6.45) is 3.24. The number of benzene rings is 1. The van der Waals surface area contributed by atoms with Crippen LogP contribution in [0.3, 0.4) is 0 Å². The highest BCUT2D eigenvalue weighted by Crippen LogP contribution is 2.20. The number of anilines is 1. The highest BCUT2D eigenvalue weighted by atomic mass is 32.2. The Kier molecular flexibility index (Phi) is 3.33. The summed E-state index contributed by atoms with van der Waals surface area (Å²) in [5.41, 5.74) is 5.44. The second kappa shape index (κ2) is 4.77. The number of aromatic nitrogens is 2. The molecule has 0 amide bonds. The third kappa shape index (κ3) is 2.67. The molecule has 5 nitrogen and oxygen atoms in total. The first kappa shape index (κ1) is 12.6. The maximum absolute atomic E-state index is 12.9. The molecule has 0 radical (unpaired) electrons. The summed E-state index contributed by atoms with van der Waals surface area (Å²) >= 11 is 0. The van der Waals surface area contributed by atoms with Gasteiger partial charge >= 0.3 is 0 Å². The van der Waals surface area contributed by atoms with E-state index in [0.717, 1.165) is 12.1 Å². The van der Waals surface area contributed by atoms with Gasteiger partial charge in [0, 0.05) is 12.4 Å². The highest BCUT2D eigenvalue weighted by molar-refractivity contribution is 7.91. The van der Waals surface area contributed by atoms with Crippen LogP contribution in [0.5, 0.6) is 0 Å². The smallest absolute Gasteiger partial charge is 0.182 e. The van der Waals surface area contributed by atoms with E-state index in [1.165, 1.54) is 10.7 Å². The Balaban J connectivity index is 2.20. The zero-order chi connectivity index (χ0) is 13.2. The Bertz CT molecular complexity index is 638. The standard InChI is InChI=1S/C11H12FN3O2S/c12-9-2-3-11(10(13)8-9)18(16,17)7-6-15-5-1-4-14-15/h1-5,8H,6-7,13H2. The van der Waals surface area contributed by atoms with Crippen molar-refractivity contribution < 1.29 is 12.8 Å². The van der Waals surface area contributed by atoms with Crippen molar-refractivity contribution in [2.75, 3.05) is 11.5 Å². The molecule has 96 valence electrons. The fraction of sp³-hybridized carbons (Fsp3) is 0.182. The van der Waals surface area contributed by atoms with Gasteiger partial charge in [0.2, 0.25) is 0 Å². The van der Waals surface area contributed by atoms with Gasteiger partial charge in [0.25, 0.3) is 0 Å². The molecule has 2 N–H and O–H groups in total. The van der Waals surface area contributed by atoms with Crippen LogP contribution in [0.25, 0.3) is 0 Å². The quantitative estimate of drug-likeness (QED) is 0.665. The molecule has 18 heavy (non-hydrogen) atoms. The molecule has 0 fully saturated rings. The predicted octanol–water partition coefficient (Wildman–Crippen LogP) is 1.08. The first-order chi connectivity index (χ1) is 8.49. The summed E-state index contributed by atoms with van der Waals surface area (Å²) in [6, 6.07) is 4.97. The van der Waals surface area contributed by atoms with Crippen molar-refractivity contribution in [3.8, 4) is 0 Å². The molecule has 0 aliphatic rings. The predicted molar refractivity (Wildman–Crippen MR) is 65.1 cm³/mol. The van der Waals surface area contributed by atoms with Crippen LogP contribution in [0.1, 0.15) is 0 Å². The van der Waals surface area contributed by atoms with E-state index >= 15 is 0 Å². The molecule has 2 rings (SSSR count). The van der Waals surface area contributed by atoms with Gasteiger partial charge in [0.1, 0.15) is 5.82 Å². The van der Waals surface area contributed by atoms with Crippen molar-refractivity contribution in [1.82, 2.24) is 9.78 Å². The minimum absolute atomic E-state index is 0.0453. The molecule has 0 spiro atoms. The van der Waals surface area contributed by atoms with Crippen molar-refractivity contribution in [2.45, 2.75) is 11.4 Å². The number of nitrogen functional groups attached to an aromatic ring is 1. The topological polar surface area (TPSA) is 78.0 Å². The van der Waals surface area contributed by atoms with E-state index in [2.05, 4.69) is 5.10 Å². The molecule has 1 heterocycles. The van der Waals surface area contributed by atoms with E-state index in [1.807, 2.05) is 0 Å². The number of hydrogen-bond acceptors (Lipinski definition) is 4. The number of sulfone groups is 1. The number of rotatable bonds is 4. The van der Waals surface area contributed by atoms with Gasteiger partial charge < -0.3 is 5.73 Å². The molecule has 0 aliphatic carbocycles. The van der Waals surface area contributed by atoms with Gasteiger partial charge in [-0.15, -0.1) is 0 Å². The van der Waals surface area contributed by atoms with Crippen LogP contribution in [0.4, 0.5) is 10.1 Å². The Hall–Kier alpha value is -1.89. The van der Waals surface area contributed by atoms with Gasteiger partial charge in [0.05, 0.1) is 22.9 Å². The van der Waals surface area contributed by atoms with Crippen LogP contribution >= 0.6 is 0 Å². The van der Waals surface area contributed by atoms with Gasteiger partial charge in [-0.2, -0.15) is 5.10 Å². The van der Waals surface area contributed by atoms with Crippen molar-refractivity contribution in [2.24, 2.45) is 0 Å². The monoisotopic (exact) mass is 269 g/mol. The van der Waals surface area contributed by atoms with Gasteiger partial charge in [-0.3, -0.25) is 4.68 Å². The third-order valence-corrected chi connectivity index (χ3v) is 4.22. The van der Waals surface area contributed by atoms with E-state index < -0.39 is 15.7 Å². The second-order valence-corrected chi connectivity index (χ2v) is 5.85. The summed E-state index contributed by atoms with van der Waals surface area (Å²) in [7, 11) is -3.54. The van der Waals surface area contributed by atoms with Crippen LogP contribution in [0.15, 0.2) is 41.6 Å². The van der Waals surface area contributed by atoms with Crippen molar-refractivity contribution >= 4 is 15.5 Å². The van der Waals surface area contributed by atoms with E-state index in [1.54, 1.807) is 18.5 Å². The lowest BCUT2D eigenvalue weighted by atomic mass is 10.3. The SMILES string of the molecule is Nc1cc(F)ccc1S(=O)(=O)CCn1cccn1. The third-order valence-electron chi connectivity index (χ3n) is 2.46. The fourth-order valence-corrected chi connectivity index (χ4v) is 2.90. The van der Waals surface area contributed by atoms with Crippen LogP contribution in [-0.4, -0.2) is 24.0 Å². The van der Waals surface area contributed by atoms with Gasteiger partial charge in [-0.1, -0.05) is 0 Å². The second-order valence-electron chi connectivity index (χ2n) is 3.77. The van der Waals surface area contributed by atoms with E-state index in [4.69, 9.17) is 5.73 Å². The lowest BCUT2D eigenvalue weighted by Gasteiger charge is -2.07. The number of nitrogens with two attached hydrogens (primary N) is 1. The first-order valence-electron chi connectivity index (χ1n) is 5.24. The lowest BCUT2D eigenvalue weighted by Crippen LogP contribution is -2.15. The summed E-state index contributed by atoms with van der Waals surface area (Å²) in [6.45, 7) is 0.228. The number of hydrogen-bond donors (Lipinski definition) is 1. The van der Waals surface area contributed by atoms with Crippen LogP contribution < -0.4 is 5.73 Å². The summed E-state index contributed by atoms with van der Waals surface area (Å²) in [4.78, 5) is -0.0453. The number of halogens is 1. The van der Waals surface area contributed by atoms with Crippen LogP contribution in [-0.2, 0) is 16.4 Å². The minimum Gasteiger partial charge on any atom is -0.398 e. The van der Waals surface area contributed by atoms with Crippen molar-refractivity contribution in [1.29, 1.82) is 0 Å². The summed E-state index contributed by atoms with van der Waals surface area (Å²) in [5.74, 6) is -0.691. The summed E-state index contributed by atoms with van der Waals surface area (Å²) < 4.78 is 38.4. The Morgan fingerprint density at radius 2 is 2.17 bits per heavy atom. The zero-order valence-corrected chi connectivity index (χ0v) is 10.3. The normalized spacial score (nSPS) is 11.6. The van der Waals surface area contributed by atoms with Gasteiger partial charge in [-0.05, 0) is 24.3 Å². The molecule has 0 unspecified atom stereocenters. The Labute approximate surface area is 104 Å². The molecule has 7 heteroatoms. The maximum Gasteiger partial charge on any atom is 0.182 e. The highest BCUT2D eigenvalue weighted by Gasteiger charge is 2.18. The molecular formula is C11H12FN3O2S. The number of nitrogens with zero attached hydrogens (tertiary/aromatic N) is 2. The molecule has 2 aromatic rings. The Morgan fingerprint density at radius 3 is 2.78 bits per heavy atom. The minimum atomic E-state index is -3.54. The Morgan fingerprint density at radius 1 is 1.39 bits per heavy atom. The first-order valence-corrected chi connectivity index (χ1v) is 6.89. The van der Waals surface area contributed by atoms with E-state index in [9.17, 15) is 12.8 Å². The molecule has 1 aromatic heterocycles. The molecule has 1 aromatic carbocycles. The fourth-order valence-electron chi connectivity index (χ4n) is 1.56. The van der Waals surface area contributed by atoms with Gasteiger partial charge in [0.15, 0.2) is 9.84 Å². The van der Waals surface area contributed by atoms with Crippen LogP contribution in [0, 0.1) is 5.82 Å². The van der Waals surface area contributed by atoms with Gasteiger partial charge in [-0.25, -0.2) is 12.8 Å². The average molecular weight is 269 g/mol. The maximum atomic E-state index is 12.9.